The average molecular weight is 394 g/mol. The molecule has 1 saturated heterocycles. The number of hydrogen-bond acceptors (Lipinski definition) is 5. The molecule has 0 spiro atoms. The van der Waals surface area contributed by atoms with Crippen LogP contribution in [-0.4, -0.2) is 60.0 Å². The number of rotatable bonds is 8. The summed E-state index contributed by atoms with van der Waals surface area (Å²) < 4.78 is 13.0. The van der Waals surface area contributed by atoms with Gasteiger partial charge in [-0.3, -0.25) is 19.3 Å². The van der Waals surface area contributed by atoms with Crippen molar-refractivity contribution in [1.29, 1.82) is 0 Å². The van der Waals surface area contributed by atoms with Crippen LogP contribution in [0.5, 0.6) is 5.75 Å². The Bertz CT molecular complexity index is 910. The van der Waals surface area contributed by atoms with Gasteiger partial charge in [-0.25, -0.2) is 0 Å². The Kier molecular flexibility index (Phi) is 4.85. The van der Waals surface area contributed by atoms with E-state index in [0.717, 1.165) is 31.9 Å². The van der Waals surface area contributed by atoms with Crippen molar-refractivity contribution in [3.05, 3.63) is 54.1 Å². The zero-order valence-corrected chi connectivity index (χ0v) is 16.7. The van der Waals surface area contributed by atoms with Gasteiger partial charge in [-0.2, -0.15) is 5.10 Å². The Balaban J connectivity index is 1.15. The van der Waals surface area contributed by atoms with Crippen molar-refractivity contribution in [2.75, 3.05) is 38.2 Å². The Hall–Kier alpha value is -2.64. The molecule has 2 aliphatic heterocycles. The molecule has 1 aromatic heterocycles. The number of anilines is 1. The van der Waals surface area contributed by atoms with Gasteiger partial charge in [0.2, 0.25) is 0 Å². The van der Waals surface area contributed by atoms with Gasteiger partial charge in [0.15, 0.2) is 5.76 Å². The number of hydrogen-bond donors (Lipinski definition) is 0. The summed E-state index contributed by atoms with van der Waals surface area (Å²) >= 11 is 0. The summed E-state index contributed by atoms with van der Waals surface area (Å²) in [5, 5.41) is 4.41. The third-order valence-electron chi connectivity index (χ3n) is 5.91. The first-order valence-electron chi connectivity index (χ1n) is 10.3. The van der Waals surface area contributed by atoms with Crippen LogP contribution in [-0.2, 0) is 16.1 Å². The maximum atomic E-state index is 12.8. The van der Waals surface area contributed by atoms with Gasteiger partial charge in [0.05, 0.1) is 24.5 Å². The zero-order chi connectivity index (χ0) is 19.8. The SMILES string of the molecule is COC1CN(CCn2cc(N3CC=C(Oc4ccc(C5CC5)cc4)C3=O)cn2)C1. The van der Waals surface area contributed by atoms with E-state index >= 15 is 0 Å². The Morgan fingerprint density at radius 2 is 1.93 bits per heavy atom. The number of likely N-dealkylation sites (tertiary alicyclic amines) is 1. The maximum Gasteiger partial charge on any atom is 0.294 e. The molecular weight excluding hydrogens is 368 g/mol. The van der Waals surface area contributed by atoms with Crippen LogP contribution in [0.2, 0.25) is 0 Å². The lowest BCUT2D eigenvalue weighted by Crippen LogP contribution is -2.52. The molecular formula is C22H26N4O3. The van der Waals surface area contributed by atoms with Crippen LogP contribution in [0.25, 0.3) is 0 Å². The van der Waals surface area contributed by atoms with E-state index < -0.39 is 0 Å². The van der Waals surface area contributed by atoms with Crippen LogP contribution >= 0.6 is 0 Å². The summed E-state index contributed by atoms with van der Waals surface area (Å²) in [4.78, 5) is 16.8. The number of methoxy groups -OCH3 is 1. The number of aromatic nitrogens is 2. The second-order valence-corrected chi connectivity index (χ2v) is 8.01. The lowest BCUT2D eigenvalue weighted by atomic mass is 10.1. The Labute approximate surface area is 170 Å². The molecule has 0 atom stereocenters. The molecule has 0 bridgehead atoms. The standard InChI is InChI=1S/C22H26N4O3/c1-28-20-14-24(15-20)10-11-25-13-18(12-23-25)26-9-8-21(22(26)27)29-19-6-4-17(5-7-19)16-2-3-16/h4-8,12-13,16,20H,2-3,9-11,14-15H2,1H3. The van der Waals surface area contributed by atoms with Crippen molar-refractivity contribution in [2.45, 2.75) is 31.4 Å². The second-order valence-electron chi connectivity index (χ2n) is 8.01. The van der Waals surface area contributed by atoms with Crippen LogP contribution in [0, 0.1) is 0 Å². The van der Waals surface area contributed by atoms with Gasteiger partial charge in [0.25, 0.3) is 5.91 Å². The van der Waals surface area contributed by atoms with E-state index in [9.17, 15) is 4.79 Å². The minimum Gasteiger partial charge on any atom is -0.452 e. The van der Waals surface area contributed by atoms with Crippen molar-refractivity contribution in [3.63, 3.8) is 0 Å². The van der Waals surface area contributed by atoms with Crippen molar-refractivity contribution >= 4 is 11.6 Å². The number of amides is 1. The lowest BCUT2D eigenvalue weighted by Gasteiger charge is -2.37. The van der Waals surface area contributed by atoms with Gasteiger partial charge in [0.1, 0.15) is 5.75 Å². The van der Waals surface area contributed by atoms with Gasteiger partial charge < -0.3 is 9.47 Å². The molecule has 1 saturated carbocycles. The highest BCUT2D eigenvalue weighted by molar-refractivity contribution is 6.07. The van der Waals surface area contributed by atoms with Crippen molar-refractivity contribution < 1.29 is 14.3 Å². The minimum absolute atomic E-state index is 0.124. The zero-order valence-electron chi connectivity index (χ0n) is 16.7. The summed E-state index contributed by atoms with van der Waals surface area (Å²) in [6, 6.07) is 8.10. The molecule has 5 rings (SSSR count). The van der Waals surface area contributed by atoms with Crippen LogP contribution in [0.1, 0.15) is 24.3 Å². The summed E-state index contributed by atoms with van der Waals surface area (Å²) in [6.07, 6.45) is 8.41. The number of carbonyl (C=O) groups excluding carboxylic acids is 1. The van der Waals surface area contributed by atoms with E-state index in [0.29, 0.717) is 30.1 Å². The fourth-order valence-electron chi connectivity index (χ4n) is 3.85. The normalized spacial score (nSPS) is 20.1. The second kappa shape index (κ2) is 7.65. The molecule has 7 heteroatoms. The van der Waals surface area contributed by atoms with Gasteiger partial charge >= 0.3 is 0 Å². The molecule has 3 aliphatic rings. The summed E-state index contributed by atoms with van der Waals surface area (Å²) in [6.45, 7) is 4.17. The predicted molar refractivity (Wildman–Crippen MR) is 109 cm³/mol. The molecule has 0 N–H and O–H groups in total. The molecule has 29 heavy (non-hydrogen) atoms. The first-order chi connectivity index (χ1) is 14.2. The number of carbonyl (C=O) groups is 1. The van der Waals surface area contributed by atoms with Crippen LogP contribution in [0.4, 0.5) is 5.69 Å². The Morgan fingerprint density at radius 3 is 2.66 bits per heavy atom. The number of ether oxygens (including phenoxy) is 2. The smallest absolute Gasteiger partial charge is 0.294 e. The average Bonchev–Trinajstić information content (AvgIpc) is 3.35. The molecule has 152 valence electrons. The van der Waals surface area contributed by atoms with Crippen LogP contribution < -0.4 is 9.64 Å². The maximum absolute atomic E-state index is 12.8. The molecule has 1 aromatic carbocycles. The van der Waals surface area contributed by atoms with Crippen LogP contribution in [0.3, 0.4) is 0 Å². The molecule has 2 aromatic rings. The van der Waals surface area contributed by atoms with Gasteiger partial charge in [0, 0.05) is 39.5 Å². The molecule has 1 aliphatic carbocycles. The van der Waals surface area contributed by atoms with E-state index in [1.807, 2.05) is 29.1 Å². The van der Waals surface area contributed by atoms with E-state index in [1.54, 1.807) is 18.2 Å². The fourth-order valence-corrected chi connectivity index (χ4v) is 3.85. The fraction of sp³-hybridized carbons (Fsp3) is 0.455. The molecule has 3 heterocycles. The largest absolute Gasteiger partial charge is 0.452 e. The predicted octanol–water partition coefficient (Wildman–Crippen LogP) is 2.40. The monoisotopic (exact) mass is 394 g/mol. The van der Waals surface area contributed by atoms with Gasteiger partial charge in [-0.15, -0.1) is 0 Å². The van der Waals surface area contributed by atoms with E-state index in [1.165, 1.54) is 18.4 Å². The lowest BCUT2D eigenvalue weighted by molar-refractivity contribution is -0.116. The van der Waals surface area contributed by atoms with E-state index in [-0.39, 0.29) is 5.91 Å². The quantitative estimate of drug-likeness (QED) is 0.688. The summed E-state index contributed by atoms with van der Waals surface area (Å²) in [5.74, 6) is 1.67. The topological polar surface area (TPSA) is 59.8 Å². The van der Waals surface area contributed by atoms with Crippen LogP contribution in [0.15, 0.2) is 48.5 Å². The number of benzene rings is 1. The highest BCUT2D eigenvalue weighted by atomic mass is 16.5. The summed E-state index contributed by atoms with van der Waals surface area (Å²) in [7, 11) is 1.75. The van der Waals surface area contributed by atoms with E-state index in [2.05, 4.69) is 22.1 Å². The molecule has 1 amide bonds. The third kappa shape index (κ3) is 3.93. The Morgan fingerprint density at radius 1 is 1.14 bits per heavy atom. The molecule has 2 fully saturated rings. The number of nitrogens with zero attached hydrogens (tertiary/aromatic N) is 4. The van der Waals surface area contributed by atoms with Crippen molar-refractivity contribution in [3.8, 4) is 5.75 Å². The highest BCUT2D eigenvalue weighted by Gasteiger charge is 2.29. The first kappa shape index (κ1) is 18.4. The highest BCUT2D eigenvalue weighted by Crippen LogP contribution is 2.40. The minimum atomic E-state index is -0.124. The van der Waals surface area contributed by atoms with Gasteiger partial charge in [-0.1, -0.05) is 12.1 Å². The molecule has 0 radical (unpaired) electrons. The third-order valence-corrected chi connectivity index (χ3v) is 5.91. The molecule has 7 nitrogen and oxygen atoms in total. The first-order valence-corrected chi connectivity index (χ1v) is 10.3. The van der Waals surface area contributed by atoms with Crippen molar-refractivity contribution in [2.24, 2.45) is 0 Å². The van der Waals surface area contributed by atoms with E-state index in [4.69, 9.17) is 9.47 Å². The van der Waals surface area contributed by atoms with Gasteiger partial charge in [-0.05, 0) is 42.5 Å². The summed E-state index contributed by atoms with van der Waals surface area (Å²) in [5.41, 5.74) is 2.15. The molecule has 0 unspecified atom stereocenters. The van der Waals surface area contributed by atoms with Crippen molar-refractivity contribution in [1.82, 2.24) is 14.7 Å².